The molecule has 1 unspecified atom stereocenters. The van der Waals surface area contributed by atoms with E-state index < -0.39 is 0 Å². The minimum atomic E-state index is 0.224. The van der Waals surface area contributed by atoms with E-state index in [9.17, 15) is 0 Å². The molecule has 1 aromatic carbocycles. The largest absolute Gasteiger partial charge is 0.329 e. The van der Waals surface area contributed by atoms with Gasteiger partial charge in [0.2, 0.25) is 5.82 Å². The third-order valence-corrected chi connectivity index (χ3v) is 4.17. The second-order valence-corrected chi connectivity index (χ2v) is 5.71. The summed E-state index contributed by atoms with van der Waals surface area (Å²) >= 11 is 0. The van der Waals surface area contributed by atoms with Gasteiger partial charge in [-0.05, 0) is 36.9 Å². The van der Waals surface area contributed by atoms with Crippen molar-refractivity contribution in [3.63, 3.8) is 0 Å². The van der Waals surface area contributed by atoms with Gasteiger partial charge in [-0.2, -0.15) is 5.21 Å². The number of hydrogen-bond acceptors (Lipinski definition) is 5. The molecule has 26 heavy (non-hydrogen) atoms. The maximum Gasteiger partial charge on any atom is 0.204 e. The van der Waals surface area contributed by atoms with Gasteiger partial charge in [-0.3, -0.25) is 4.99 Å². The van der Waals surface area contributed by atoms with Gasteiger partial charge in [0.25, 0.3) is 0 Å². The Labute approximate surface area is 152 Å². The van der Waals surface area contributed by atoms with Gasteiger partial charge in [0, 0.05) is 11.8 Å². The quantitative estimate of drug-likeness (QED) is 0.523. The fraction of sp³-hybridized carbons (Fsp3) is 0.211. The SMILES string of the molecule is C=N/C(=C\C(=C/C)c1nn[nH]n1)c1cn(C(CC)c2ccccc2)cn1. The van der Waals surface area contributed by atoms with Crippen molar-refractivity contribution in [3.8, 4) is 0 Å². The summed E-state index contributed by atoms with van der Waals surface area (Å²) in [7, 11) is 0. The maximum absolute atomic E-state index is 4.52. The number of tetrazole rings is 1. The summed E-state index contributed by atoms with van der Waals surface area (Å²) in [6.07, 6.45) is 8.54. The van der Waals surface area contributed by atoms with Crippen LogP contribution in [0.15, 0.2) is 60.0 Å². The number of aliphatic imine (C=N–C) groups is 1. The Morgan fingerprint density at radius 3 is 2.77 bits per heavy atom. The number of nitrogens with zero attached hydrogens (tertiary/aromatic N) is 6. The molecule has 2 heterocycles. The van der Waals surface area contributed by atoms with Gasteiger partial charge >= 0.3 is 0 Å². The van der Waals surface area contributed by atoms with E-state index in [2.05, 4.69) is 73.1 Å². The van der Waals surface area contributed by atoms with Crippen molar-refractivity contribution < 1.29 is 0 Å². The molecule has 7 nitrogen and oxygen atoms in total. The smallest absolute Gasteiger partial charge is 0.204 e. The molecule has 0 spiro atoms. The van der Waals surface area contributed by atoms with E-state index in [1.807, 2.05) is 37.7 Å². The molecule has 0 radical (unpaired) electrons. The van der Waals surface area contributed by atoms with Crippen LogP contribution in [0.4, 0.5) is 0 Å². The summed E-state index contributed by atoms with van der Waals surface area (Å²) in [6, 6.07) is 10.6. The van der Waals surface area contributed by atoms with Gasteiger partial charge in [0.05, 0.1) is 18.1 Å². The lowest BCUT2D eigenvalue weighted by Gasteiger charge is -2.16. The van der Waals surface area contributed by atoms with Crippen LogP contribution in [-0.2, 0) is 0 Å². The lowest BCUT2D eigenvalue weighted by Crippen LogP contribution is -2.07. The van der Waals surface area contributed by atoms with Crippen molar-refractivity contribution in [2.45, 2.75) is 26.3 Å². The number of rotatable bonds is 7. The second kappa shape index (κ2) is 8.15. The van der Waals surface area contributed by atoms with E-state index in [1.54, 1.807) is 0 Å². The predicted molar refractivity (Wildman–Crippen MR) is 102 cm³/mol. The number of allylic oxidation sites excluding steroid dienone is 3. The Morgan fingerprint density at radius 1 is 1.35 bits per heavy atom. The van der Waals surface area contributed by atoms with Gasteiger partial charge in [-0.1, -0.05) is 43.3 Å². The van der Waals surface area contributed by atoms with Gasteiger partial charge < -0.3 is 4.57 Å². The molecule has 7 heteroatoms. The normalized spacial score (nSPS) is 13.6. The fourth-order valence-electron chi connectivity index (χ4n) is 2.84. The molecular weight excluding hydrogens is 326 g/mol. The standard InChI is InChI=1S/C19H21N7/c1-4-14(19-22-24-25-23-19)11-16(20-3)17-12-26(13-21-17)18(5-2)15-9-7-6-8-10-15/h4,6-13,18H,3,5H2,1-2H3,(H,22,23,24,25)/b14-4+,16-11-. The van der Waals surface area contributed by atoms with Crippen molar-refractivity contribution in [1.29, 1.82) is 0 Å². The van der Waals surface area contributed by atoms with Crippen molar-refractivity contribution >= 4 is 18.0 Å². The topological polar surface area (TPSA) is 84.6 Å². The molecule has 0 aliphatic rings. The molecule has 0 saturated heterocycles. The molecule has 1 atom stereocenters. The molecule has 0 aliphatic carbocycles. The van der Waals surface area contributed by atoms with Crippen molar-refractivity contribution in [1.82, 2.24) is 30.2 Å². The Balaban J connectivity index is 1.92. The van der Waals surface area contributed by atoms with E-state index in [0.29, 0.717) is 11.5 Å². The molecule has 0 aliphatic heterocycles. The molecule has 0 amide bonds. The van der Waals surface area contributed by atoms with Gasteiger partial charge in [0.15, 0.2) is 0 Å². The van der Waals surface area contributed by atoms with Gasteiger partial charge in [0.1, 0.15) is 5.69 Å². The zero-order chi connectivity index (χ0) is 18.4. The summed E-state index contributed by atoms with van der Waals surface area (Å²) in [5.74, 6) is 0.504. The first-order valence-electron chi connectivity index (χ1n) is 8.44. The van der Waals surface area contributed by atoms with E-state index in [0.717, 1.165) is 17.7 Å². The van der Waals surface area contributed by atoms with Gasteiger partial charge in [-0.25, -0.2) is 4.98 Å². The highest BCUT2D eigenvalue weighted by atomic mass is 15.5. The van der Waals surface area contributed by atoms with Crippen LogP contribution >= 0.6 is 0 Å². The monoisotopic (exact) mass is 347 g/mol. The molecule has 3 aromatic rings. The summed E-state index contributed by atoms with van der Waals surface area (Å²) in [4.78, 5) is 8.66. The average molecular weight is 347 g/mol. The van der Waals surface area contributed by atoms with Crippen molar-refractivity contribution in [2.75, 3.05) is 0 Å². The molecule has 0 saturated carbocycles. The van der Waals surface area contributed by atoms with Crippen LogP contribution in [-0.4, -0.2) is 36.9 Å². The highest BCUT2D eigenvalue weighted by Gasteiger charge is 2.14. The highest BCUT2D eigenvalue weighted by Crippen LogP contribution is 2.25. The van der Waals surface area contributed by atoms with Crippen LogP contribution in [0.25, 0.3) is 11.3 Å². The summed E-state index contributed by atoms with van der Waals surface area (Å²) in [5.41, 5.74) is 3.45. The van der Waals surface area contributed by atoms with Crippen LogP contribution in [0, 0.1) is 0 Å². The lowest BCUT2D eigenvalue weighted by atomic mass is 10.0. The summed E-state index contributed by atoms with van der Waals surface area (Å²) < 4.78 is 2.10. The van der Waals surface area contributed by atoms with Crippen molar-refractivity contribution in [3.05, 3.63) is 72.1 Å². The van der Waals surface area contributed by atoms with Crippen LogP contribution < -0.4 is 0 Å². The van der Waals surface area contributed by atoms with Crippen LogP contribution in [0.1, 0.15) is 43.4 Å². The van der Waals surface area contributed by atoms with E-state index in [-0.39, 0.29) is 6.04 Å². The molecule has 2 aromatic heterocycles. The van der Waals surface area contributed by atoms with Crippen LogP contribution in [0.3, 0.4) is 0 Å². The molecule has 0 fully saturated rings. The Hall–Kier alpha value is -3.35. The highest BCUT2D eigenvalue weighted by molar-refractivity contribution is 5.81. The van der Waals surface area contributed by atoms with Gasteiger partial charge in [-0.15, -0.1) is 10.2 Å². The maximum atomic E-state index is 4.52. The minimum Gasteiger partial charge on any atom is -0.329 e. The molecule has 1 N–H and O–H groups in total. The average Bonchev–Trinajstić information content (AvgIpc) is 3.37. The number of aromatic nitrogens is 6. The molecule has 3 rings (SSSR count). The minimum absolute atomic E-state index is 0.224. The third-order valence-electron chi connectivity index (χ3n) is 4.17. The Kier molecular flexibility index (Phi) is 5.48. The van der Waals surface area contributed by atoms with Crippen LogP contribution in [0.2, 0.25) is 0 Å². The number of imidazole rings is 1. The number of hydrogen-bond donors (Lipinski definition) is 1. The Bertz CT molecular complexity index is 905. The summed E-state index contributed by atoms with van der Waals surface area (Å²) in [6.45, 7) is 7.75. The first-order valence-corrected chi connectivity index (χ1v) is 8.44. The molecular formula is C19H21N7. The predicted octanol–water partition coefficient (Wildman–Crippen LogP) is 3.54. The number of nitrogens with one attached hydrogen (secondary N) is 1. The second-order valence-electron chi connectivity index (χ2n) is 5.71. The lowest BCUT2D eigenvalue weighted by molar-refractivity contribution is 0.566. The molecule has 132 valence electrons. The summed E-state index contributed by atoms with van der Waals surface area (Å²) in [5, 5.41) is 14.1. The van der Waals surface area contributed by atoms with E-state index in [1.165, 1.54) is 5.56 Å². The van der Waals surface area contributed by atoms with E-state index in [4.69, 9.17) is 0 Å². The fourth-order valence-corrected chi connectivity index (χ4v) is 2.84. The van der Waals surface area contributed by atoms with Crippen LogP contribution in [0.5, 0.6) is 0 Å². The number of H-pyrrole nitrogens is 1. The molecule has 0 bridgehead atoms. The zero-order valence-corrected chi connectivity index (χ0v) is 14.9. The Morgan fingerprint density at radius 2 is 2.15 bits per heavy atom. The van der Waals surface area contributed by atoms with E-state index >= 15 is 0 Å². The third kappa shape index (κ3) is 3.66. The first-order chi connectivity index (χ1) is 12.8. The zero-order valence-electron chi connectivity index (χ0n) is 14.9. The number of benzene rings is 1. The van der Waals surface area contributed by atoms with Crippen molar-refractivity contribution in [2.24, 2.45) is 4.99 Å². The number of aromatic amines is 1. The first kappa shape index (κ1) is 17.5.